The highest BCUT2D eigenvalue weighted by Gasteiger charge is 2.21. The number of hydrogen-bond acceptors (Lipinski definition) is 5. The molecule has 1 atom stereocenters. The molecule has 2 aromatic rings. The molecular weight excluding hydrogens is 238 g/mol. The van der Waals surface area contributed by atoms with Crippen LogP contribution in [0, 0.1) is 0 Å². The summed E-state index contributed by atoms with van der Waals surface area (Å²) in [7, 11) is 1.69. The highest BCUT2D eigenvalue weighted by Crippen LogP contribution is 2.18. The van der Waals surface area contributed by atoms with Gasteiger partial charge in [0.15, 0.2) is 0 Å². The summed E-state index contributed by atoms with van der Waals surface area (Å²) in [6, 6.07) is 3.13. The van der Waals surface area contributed by atoms with E-state index >= 15 is 0 Å². The van der Waals surface area contributed by atoms with E-state index in [9.17, 15) is 4.79 Å². The van der Waals surface area contributed by atoms with E-state index in [1.165, 1.54) is 22.6 Å². The molecule has 17 heavy (non-hydrogen) atoms. The van der Waals surface area contributed by atoms with Crippen LogP contribution >= 0.6 is 11.3 Å². The number of amides is 1. The van der Waals surface area contributed by atoms with Crippen LogP contribution in [0.15, 0.2) is 23.8 Å². The molecule has 0 aliphatic heterocycles. The van der Waals surface area contributed by atoms with Crippen LogP contribution in [0.3, 0.4) is 0 Å². The molecule has 2 rings (SSSR count). The summed E-state index contributed by atoms with van der Waals surface area (Å²) in [6.45, 7) is 0.373. The molecule has 0 bridgehead atoms. The lowest BCUT2D eigenvalue weighted by molar-refractivity contribution is -0.132. The van der Waals surface area contributed by atoms with E-state index in [0.29, 0.717) is 12.4 Å². The molecule has 2 heterocycles. The van der Waals surface area contributed by atoms with Crippen LogP contribution in [0.1, 0.15) is 16.7 Å². The molecule has 0 saturated carbocycles. The normalized spacial score (nSPS) is 12.4. The van der Waals surface area contributed by atoms with E-state index in [0.717, 1.165) is 4.88 Å². The number of aromatic nitrogens is 3. The van der Waals surface area contributed by atoms with E-state index in [4.69, 9.17) is 5.73 Å². The van der Waals surface area contributed by atoms with Gasteiger partial charge in [0.25, 0.3) is 0 Å². The number of nitrogens with two attached hydrogens (primary N) is 1. The predicted molar refractivity (Wildman–Crippen MR) is 64.1 cm³/mol. The molecule has 7 heteroatoms. The predicted octanol–water partition coefficient (Wildman–Crippen LogP) is 0.525. The summed E-state index contributed by atoms with van der Waals surface area (Å²) >= 11 is 1.48. The quantitative estimate of drug-likeness (QED) is 0.829. The number of hydrogen-bond donors (Lipinski definition) is 2. The first-order valence-corrected chi connectivity index (χ1v) is 5.94. The van der Waals surface area contributed by atoms with Crippen molar-refractivity contribution in [2.75, 3.05) is 7.05 Å². The van der Waals surface area contributed by atoms with Crippen molar-refractivity contribution in [3.05, 3.63) is 34.5 Å². The Kier molecular flexibility index (Phi) is 3.50. The van der Waals surface area contributed by atoms with Crippen LogP contribution in [-0.2, 0) is 11.3 Å². The zero-order chi connectivity index (χ0) is 12.3. The largest absolute Gasteiger partial charge is 0.337 e. The van der Waals surface area contributed by atoms with Gasteiger partial charge in [0.05, 0.1) is 6.54 Å². The van der Waals surface area contributed by atoms with Gasteiger partial charge in [-0.05, 0) is 11.4 Å². The first kappa shape index (κ1) is 11.7. The molecular formula is C10H13N5OS. The Morgan fingerprint density at radius 2 is 2.53 bits per heavy atom. The summed E-state index contributed by atoms with van der Waals surface area (Å²) < 4.78 is 0. The van der Waals surface area contributed by atoms with Gasteiger partial charge in [0, 0.05) is 11.9 Å². The van der Waals surface area contributed by atoms with Crippen molar-refractivity contribution in [1.29, 1.82) is 0 Å². The lowest BCUT2D eigenvalue weighted by Crippen LogP contribution is -2.35. The number of nitrogens with zero attached hydrogens (tertiary/aromatic N) is 3. The van der Waals surface area contributed by atoms with Crippen molar-refractivity contribution in [3.63, 3.8) is 0 Å². The van der Waals surface area contributed by atoms with E-state index in [1.54, 1.807) is 7.05 Å². The monoisotopic (exact) mass is 251 g/mol. The van der Waals surface area contributed by atoms with E-state index in [2.05, 4.69) is 15.2 Å². The van der Waals surface area contributed by atoms with Gasteiger partial charge < -0.3 is 10.6 Å². The molecule has 6 nitrogen and oxygen atoms in total. The zero-order valence-corrected chi connectivity index (χ0v) is 10.1. The summed E-state index contributed by atoms with van der Waals surface area (Å²) in [5, 5.41) is 8.33. The number of rotatable bonds is 4. The van der Waals surface area contributed by atoms with E-state index < -0.39 is 6.04 Å². The SMILES string of the molecule is CN(Cc1ncn[nH]1)C(=O)C(N)c1cccs1. The Labute approximate surface area is 102 Å². The topological polar surface area (TPSA) is 87.9 Å². The number of H-pyrrole nitrogens is 1. The fourth-order valence-corrected chi connectivity index (χ4v) is 2.16. The lowest BCUT2D eigenvalue weighted by atomic mass is 10.2. The second-order valence-corrected chi connectivity index (χ2v) is 4.60. The van der Waals surface area contributed by atoms with Crippen molar-refractivity contribution >= 4 is 17.2 Å². The fraction of sp³-hybridized carbons (Fsp3) is 0.300. The number of nitrogens with one attached hydrogen (secondary N) is 1. The third-order valence-electron chi connectivity index (χ3n) is 2.34. The number of carbonyl (C=O) groups excluding carboxylic acids is 1. The van der Waals surface area contributed by atoms with Gasteiger partial charge in [-0.1, -0.05) is 6.07 Å². The Bertz CT molecular complexity index is 467. The van der Waals surface area contributed by atoms with Crippen molar-refractivity contribution in [3.8, 4) is 0 Å². The first-order chi connectivity index (χ1) is 8.18. The van der Waals surface area contributed by atoms with Crippen LogP contribution in [-0.4, -0.2) is 33.0 Å². The smallest absolute Gasteiger partial charge is 0.245 e. The maximum absolute atomic E-state index is 12.0. The van der Waals surface area contributed by atoms with E-state index in [-0.39, 0.29) is 5.91 Å². The maximum atomic E-state index is 12.0. The number of aromatic amines is 1. The molecule has 0 spiro atoms. The van der Waals surface area contributed by atoms with Crippen LogP contribution in [0.2, 0.25) is 0 Å². The highest BCUT2D eigenvalue weighted by molar-refractivity contribution is 7.10. The third kappa shape index (κ3) is 2.69. The molecule has 0 aliphatic carbocycles. The molecule has 1 amide bonds. The van der Waals surface area contributed by atoms with Crippen LogP contribution in [0.5, 0.6) is 0 Å². The summed E-state index contributed by atoms with van der Waals surface area (Å²) in [5.41, 5.74) is 5.89. The van der Waals surface area contributed by atoms with Crippen molar-refractivity contribution in [2.45, 2.75) is 12.6 Å². The summed E-state index contributed by atoms with van der Waals surface area (Å²) in [6.07, 6.45) is 1.41. The molecule has 0 aromatic carbocycles. The standard InChI is InChI=1S/C10H13N5OS/c1-15(5-8-12-6-13-14-8)10(16)9(11)7-3-2-4-17-7/h2-4,6,9H,5,11H2,1H3,(H,12,13,14). The van der Waals surface area contributed by atoms with Crippen LogP contribution in [0.4, 0.5) is 0 Å². The van der Waals surface area contributed by atoms with Gasteiger partial charge in [-0.25, -0.2) is 4.98 Å². The first-order valence-electron chi connectivity index (χ1n) is 5.06. The molecule has 3 N–H and O–H groups in total. The number of thiophene rings is 1. The minimum atomic E-state index is -0.608. The van der Waals surface area contributed by atoms with Gasteiger partial charge >= 0.3 is 0 Å². The maximum Gasteiger partial charge on any atom is 0.245 e. The van der Waals surface area contributed by atoms with Crippen molar-refractivity contribution in [1.82, 2.24) is 20.1 Å². The van der Waals surface area contributed by atoms with Gasteiger partial charge in [-0.2, -0.15) is 5.10 Å². The molecule has 2 aromatic heterocycles. The second kappa shape index (κ2) is 5.07. The van der Waals surface area contributed by atoms with Crippen molar-refractivity contribution in [2.24, 2.45) is 5.73 Å². The molecule has 0 fully saturated rings. The Hall–Kier alpha value is -1.73. The summed E-state index contributed by atoms with van der Waals surface area (Å²) in [5.74, 6) is 0.503. The minimum absolute atomic E-state index is 0.135. The lowest BCUT2D eigenvalue weighted by Gasteiger charge is -2.19. The average Bonchev–Trinajstić information content (AvgIpc) is 2.99. The van der Waals surface area contributed by atoms with Crippen LogP contribution < -0.4 is 5.73 Å². The van der Waals surface area contributed by atoms with E-state index in [1.807, 2.05) is 17.5 Å². The Morgan fingerprint density at radius 3 is 3.12 bits per heavy atom. The Morgan fingerprint density at radius 1 is 1.71 bits per heavy atom. The summed E-state index contributed by atoms with van der Waals surface area (Å²) in [4.78, 5) is 18.4. The second-order valence-electron chi connectivity index (χ2n) is 3.62. The average molecular weight is 251 g/mol. The Balaban J connectivity index is 2.00. The fourth-order valence-electron chi connectivity index (χ4n) is 1.44. The molecule has 0 saturated heterocycles. The van der Waals surface area contributed by atoms with Gasteiger partial charge in [-0.15, -0.1) is 11.3 Å². The third-order valence-corrected chi connectivity index (χ3v) is 3.30. The minimum Gasteiger partial charge on any atom is -0.337 e. The van der Waals surface area contributed by atoms with Gasteiger partial charge in [-0.3, -0.25) is 9.89 Å². The molecule has 0 radical (unpaired) electrons. The number of carbonyl (C=O) groups is 1. The molecule has 90 valence electrons. The molecule has 1 unspecified atom stereocenters. The number of likely N-dealkylation sites (N-methyl/N-ethyl adjacent to an activating group) is 1. The van der Waals surface area contributed by atoms with Gasteiger partial charge in [0.2, 0.25) is 5.91 Å². The zero-order valence-electron chi connectivity index (χ0n) is 9.33. The highest BCUT2D eigenvalue weighted by atomic mass is 32.1. The molecule has 0 aliphatic rings. The van der Waals surface area contributed by atoms with Crippen LogP contribution in [0.25, 0.3) is 0 Å². The van der Waals surface area contributed by atoms with Crippen molar-refractivity contribution < 1.29 is 4.79 Å². The van der Waals surface area contributed by atoms with Gasteiger partial charge in [0.1, 0.15) is 18.2 Å².